The fraction of sp³-hybridized carbons (Fsp3) is 0. The first-order chi connectivity index (χ1) is 29.7. The second-order valence-electron chi connectivity index (χ2n) is 15.4. The Morgan fingerprint density at radius 2 is 0.700 bits per heavy atom. The number of hydrogen-bond acceptors (Lipinski definition) is 2. The van der Waals surface area contributed by atoms with Crippen LogP contribution < -0.4 is 0 Å². The van der Waals surface area contributed by atoms with Crippen molar-refractivity contribution in [3.63, 3.8) is 0 Å². The van der Waals surface area contributed by atoms with Crippen molar-refractivity contribution in [2.24, 2.45) is 0 Å². The molecule has 4 nitrogen and oxygen atoms in total. The van der Waals surface area contributed by atoms with Crippen LogP contribution in [0.4, 0.5) is 0 Å². The van der Waals surface area contributed by atoms with Gasteiger partial charge in [-0.2, -0.15) is 0 Å². The Morgan fingerprint density at radius 1 is 0.267 bits per heavy atom. The molecule has 0 unspecified atom stereocenters. The van der Waals surface area contributed by atoms with Crippen molar-refractivity contribution < 1.29 is 0 Å². The van der Waals surface area contributed by atoms with E-state index in [9.17, 15) is 0 Å². The minimum absolute atomic E-state index is 0.702. The molecule has 0 radical (unpaired) electrons. The molecule has 0 aliphatic carbocycles. The molecule has 0 fully saturated rings. The van der Waals surface area contributed by atoms with Crippen molar-refractivity contribution >= 4 is 54.5 Å². The van der Waals surface area contributed by atoms with Crippen molar-refractivity contribution in [2.75, 3.05) is 0 Å². The Balaban J connectivity index is 0.972. The molecule has 280 valence electrons. The van der Waals surface area contributed by atoms with Gasteiger partial charge < -0.3 is 9.13 Å². The number of nitrogens with zero attached hydrogens (tertiary/aromatic N) is 4. The molecule has 0 bridgehead atoms. The third-order valence-corrected chi connectivity index (χ3v) is 11.9. The normalized spacial score (nSPS) is 11.7. The molecule has 0 amide bonds. The first-order valence-corrected chi connectivity index (χ1v) is 20.4. The minimum atomic E-state index is 0.702. The summed E-state index contributed by atoms with van der Waals surface area (Å²) in [5.74, 6) is 0.702. The van der Waals surface area contributed by atoms with Crippen LogP contribution in [-0.4, -0.2) is 19.1 Å². The van der Waals surface area contributed by atoms with Gasteiger partial charge >= 0.3 is 0 Å². The van der Waals surface area contributed by atoms with E-state index in [1.165, 1.54) is 43.6 Å². The van der Waals surface area contributed by atoms with E-state index in [1.54, 1.807) is 0 Å². The molecular formula is C56H36N4. The fourth-order valence-corrected chi connectivity index (χ4v) is 9.11. The predicted octanol–water partition coefficient (Wildman–Crippen LogP) is 14.5. The highest BCUT2D eigenvalue weighted by molar-refractivity contribution is 6.12. The Bertz CT molecular complexity index is 3580. The van der Waals surface area contributed by atoms with Crippen LogP contribution in [0.25, 0.3) is 111 Å². The van der Waals surface area contributed by atoms with Gasteiger partial charge in [-0.25, -0.2) is 9.97 Å². The monoisotopic (exact) mass is 764 g/mol. The smallest absolute Gasteiger partial charge is 0.160 e. The quantitative estimate of drug-likeness (QED) is 0.169. The average Bonchev–Trinajstić information content (AvgIpc) is 3.84. The van der Waals surface area contributed by atoms with Crippen molar-refractivity contribution in [3.8, 4) is 56.3 Å². The first kappa shape index (κ1) is 34.0. The highest BCUT2D eigenvalue weighted by atomic mass is 15.0. The van der Waals surface area contributed by atoms with Gasteiger partial charge in [0, 0.05) is 49.4 Å². The lowest BCUT2D eigenvalue weighted by atomic mass is 9.98. The lowest BCUT2D eigenvalue weighted by Gasteiger charge is -2.12. The average molecular weight is 765 g/mol. The van der Waals surface area contributed by atoms with Gasteiger partial charge in [0.25, 0.3) is 0 Å². The van der Waals surface area contributed by atoms with Gasteiger partial charge in [0.15, 0.2) is 5.82 Å². The minimum Gasteiger partial charge on any atom is -0.309 e. The van der Waals surface area contributed by atoms with Gasteiger partial charge in [-0.05, 0) is 101 Å². The van der Waals surface area contributed by atoms with Gasteiger partial charge in [0.05, 0.1) is 33.3 Å². The van der Waals surface area contributed by atoms with E-state index in [1.807, 2.05) is 0 Å². The summed E-state index contributed by atoms with van der Waals surface area (Å²) in [5.41, 5.74) is 15.5. The topological polar surface area (TPSA) is 35.6 Å². The zero-order valence-corrected chi connectivity index (χ0v) is 32.6. The van der Waals surface area contributed by atoms with Crippen molar-refractivity contribution in [1.82, 2.24) is 19.1 Å². The Labute approximate surface area is 346 Å². The summed E-state index contributed by atoms with van der Waals surface area (Å²) in [6, 6.07) is 77.9. The van der Waals surface area contributed by atoms with Gasteiger partial charge in [-0.3, -0.25) is 0 Å². The van der Waals surface area contributed by atoms with Crippen molar-refractivity contribution in [3.05, 3.63) is 218 Å². The third-order valence-electron chi connectivity index (χ3n) is 11.9. The molecule has 0 spiro atoms. The predicted molar refractivity (Wildman–Crippen MR) is 250 cm³/mol. The molecule has 0 saturated carbocycles. The van der Waals surface area contributed by atoms with Crippen molar-refractivity contribution in [1.29, 1.82) is 0 Å². The summed E-state index contributed by atoms with van der Waals surface area (Å²) in [7, 11) is 0. The Hall–Kier alpha value is -8.08. The molecule has 0 aliphatic heterocycles. The van der Waals surface area contributed by atoms with Crippen LogP contribution >= 0.6 is 0 Å². The molecule has 3 heterocycles. The van der Waals surface area contributed by atoms with E-state index in [-0.39, 0.29) is 0 Å². The molecule has 0 atom stereocenters. The molecule has 3 aromatic heterocycles. The van der Waals surface area contributed by atoms with E-state index in [0.29, 0.717) is 5.82 Å². The summed E-state index contributed by atoms with van der Waals surface area (Å²) in [6.45, 7) is 0. The van der Waals surface area contributed by atoms with Gasteiger partial charge in [0.1, 0.15) is 0 Å². The van der Waals surface area contributed by atoms with Gasteiger partial charge in [-0.15, -0.1) is 0 Å². The zero-order chi connectivity index (χ0) is 39.6. The van der Waals surface area contributed by atoms with Crippen molar-refractivity contribution in [2.45, 2.75) is 0 Å². The highest BCUT2D eigenvalue weighted by Gasteiger charge is 2.17. The number of benzene rings is 9. The molecule has 4 heteroatoms. The molecule has 0 aliphatic rings. The summed E-state index contributed by atoms with van der Waals surface area (Å²) < 4.78 is 4.71. The van der Waals surface area contributed by atoms with E-state index < -0.39 is 0 Å². The number of rotatable bonds is 6. The standard InChI is InChI=1S/C56H36N4/c1-4-15-37(16-5-1)55-49-36-39(41-29-32-54-48(35-41)46-24-11-13-26-52(46)60(54)44-21-8-3-9-22-44)27-30-50(49)57-56(58-55)42-18-14-17-38(33-42)40-28-31-53-47(34-40)45-23-10-12-25-51(45)59(53)43-19-6-2-7-20-43/h1-36H. The number of para-hydroxylation sites is 4. The van der Waals surface area contributed by atoms with Crippen LogP contribution in [0.5, 0.6) is 0 Å². The summed E-state index contributed by atoms with van der Waals surface area (Å²) in [6.07, 6.45) is 0. The van der Waals surface area contributed by atoms with Crippen LogP contribution in [0, 0.1) is 0 Å². The maximum Gasteiger partial charge on any atom is 0.160 e. The van der Waals surface area contributed by atoms with E-state index >= 15 is 0 Å². The Morgan fingerprint density at radius 3 is 1.28 bits per heavy atom. The fourth-order valence-electron chi connectivity index (χ4n) is 9.11. The van der Waals surface area contributed by atoms with E-state index in [2.05, 4.69) is 228 Å². The highest BCUT2D eigenvalue weighted by Crippen LogP contribution is 2.39. The molecule has 12 rings (SSSR count). The summed E-state index contributed by atoms with van der Waals surface area (Å²) in [5, 5.41) is 5.94. The molecule has 12 aromatic rings. The van der Waals surface area contributed by atoms with Crippen LogP contribution in [0.2, 0.25) is 0 Å². The van der Waals surface area contributed by atoms with Crippen LogP contribution in [0.3, 0.4) is 0 Å². The lowest BCUT2D eigenvalue weighted by Crippen LogP contribution is -1.96. The number of fused-ring (bicyclic) bond motifs is 7. The molecule has 0 saturated heterocycles. The van der Waals surface area contributed by atoms with Gasteiger partial charge in [0.2, 0.25) is 0 Å². The maximum atomic E-state index is 5.35. The number of hydrogen-bond donors (Lipinski definition) is 0. The SMILES string of the molecule is c1ccc(-c2nc(-c3cccc(-c4ccc5c(c4)c4ccccc4n5-c4ccccc4)c3)nc3ccc(-c4ccc5c(c4)c4ccccc4n5-c4ccccc4)cc23)cc1. The molecule has 60 heavy (non-hydrogen) atoms. The van der Waals surface area contributed by atoms with E-state index in [4.69, 9.17) is 9.97 Å². The summed E-state index contributed by atoms with van der Waals surface area (Å²) in [4.78, 5) is 10.6. The number of aromatic nitrogens is 4. The van der Waals surface area contributed by atoms with Crippen LogP contribution in [0.1, 0.15) is 0 Å². The van der Waals surface area contributed by atoms with Crippen LogP contribution in [-0.2, 0) is 0 Å². The molecular weight excluding hydrogens is 729 g/mol. The van der Waals surface area contributed by atoms with Gasteiger partial charge in [-0.1, -0.05) is 140 Å². The Kier molecular flexibility index (Phi) is 7.82. The molecule has 0 N–H and O–H groups in total. The second kappa shape index (κ2) is 13.8. The first-order valence-electron chi connectivity index (χ1n) is 20.4. The third kappa shape index (κ3) is 5.53. The van der Waals surface area contributed by atoms with E-state index in [0.717, 1.165) is 61.4 Å². The second-order valence-corrected chi connectivity index (χ2v) is 15.4. The molecule has 9 aromatic carbocycles. The maximum absolute atomic E-state index is 5.35. The lowest BCUT2D eigenvalue weighted by molar-refractivity contribution is 1.18. The summed E-state index contributed by atoms with van der Waals surface area (Å²) >= 11 is 0. The largest absolute Gasteiger partial charge is 0.309 e. The zero-order valence-electron chi connectivity index (χ0n) is 32.6. The van der Waals surface area contributed by atoms with Crippen LogP contribution in [0.15, 0.2) is 218 Å².